The number of carbonyl (C=O) groups excluding carboxylic acids is 1. The van der Waals surface area contributed by atoms with Gasteiger partial charge in [0.05, 0.1) is 21.8 Å². The van der Waals surface area contributed by atoms with Gasteiger partial charge in [0.1, 0.15) is 0 Å². The summed E-state index contributed by atoms with van der Waals surface area (Å²) in [5.41, 5.74) is 1.84. The highest BCUT2D eigenvalue weighted by atomic mass is 35.5. The molecule has 1 aliphatic heterocycles. The van der Waals surface area contributed by atoms with Crippen LogP contribution in [-0.2, 0) is 4.79 Å². The number of amides is 1. The molecule has 0 atom stereocenters. The van der Waals surface area contributed by atoms with Crippen molar-refractivity contribution in [2.75, 3.05) is 25.0 Å². The van der Waals surface area contributed by atoms with Crippen LogP contribution in [0.4, 0.5) is 5.69 Å². The highest BCUT2D eigenvalue weighted by molar-refractivity contribution is 7.18. The lowest BCUT2D eigenvalue weighted by atomic mass is 9.97. The first kappa shape index (κ1) is 17.5. The van der Waals surface area contributed by atoms with Crippen LogP contribution < -0.4 is 5.32 Å². The summed E-state index contributed by atoms with van der Waals surface area (Å²) >= 11 is 7.76. The van der Waals surface area contributed by atoms with Crippen LogP contribution in [-0.4, -0.2) is 35.4 Å². The monoisotopic (exact) mass is 385 g/mol. The number of aromatic nitrogens is 1. The minimum atomic E-state index is 0.00528. The Bertz CT molecular complexity index is 885. The molecule has 134 valence electrons. The Morgan fingerprint density at radius 1 is 1.19 bits per heavy atom. The van der Waals surface area contributed by atoms with Crippen molar-refractivity contribution in [1.29, 1.82) is 0 Å². The van der Waals surface area contributed by atoms with Gasteiger partial charge in [-0.3, -0.25) is 9.69 Å². The molecular weight excluding hydrogens is 366 g/mol. The van der Waals surface area contributed by atoms with Gasteiger partial charge < -0.3 is 5.32 Å². The third-order valence-corrected chi connectivity index (χ3v) is 6.16. The lowest BCUT2D eigenvalue weighted by molar-refractivity contribution is -0.117. The SMILES string of the molecule is O=C(CN1CCC(c2nc3ccccc3s2)CC1)Nc1cccc(Cl)c1. The lowest BCUT2D eigenvalue weighted by Crippen LogP contribution is -2.38. The molecule has 2 heterocycles. The molecule has 1 saturated heterocycles. The number of nitrogens with zero attached hydrogens (tertiary/aromatic N) is 2. The molecule has 2 aromatic carbocycles. The van der Waals surface area contributed by atoms with Gasteiger partial charge >= 0.3 is 0 Å². The second-order valence-electron chi connectivity index (χ2n) is 6.63. The number of carbonyl (C=O) groups is 1. The number of rotatable bonds is 4. The molecule has 26 heavy (non-hydrogen) atoms. The van der Waals surface area contributed by atoms with Gasteiger partial charge in [-0.05, 0) is 56.3 Å². The summed E-state index contributed by atoms with van der Waals surface area (Å²) in [5.74, 6) is 0.505. The normalized spacial score (nSPS) is 16.0. The fourth-order valence-electron chi connectivity index (χ4n) is 3.37. The van der Waals surface area contributed by atoms with Gasteiger partial charge in [-0.1, -0.05) is 29.8 Å². The van der Waals surface area contributed by atoms with Crippen LogP contribution in [0.1, 0.15) is 23.8 Å². The van der Waals surface area contributed by atoms with E-state index in [4.69, 9.17) is 16.6 Å². The highest BCUT2D eigenvalue weighted by Crippen LogP contribution is 2.33. The third-order valence-electron chi connectivity index (χ3n) is 4.72. The van der Waals surface area contributed by atoms with E-state index >= 15 is 0 Å². The van der Waals surface area contributed by atoms with Crippen molar-refractivity contribution >= 4 is 44.7 Å². The van der Waals surface area contributed by atoms with Crippen LogP contribution in [0, 0.1) is 0 Å². The summed E-state index contributed by atoms with van der Waals surface area (Å²) in [6.07, 6.45) is 2.09. The zero-order chi connectivity index (χ0) is 17.9. The van der Waals surface area contributed by atoms with Gasteiger partial charge in [-0.2, -0.15) is 0 Å². The minimum absolute atomic E-state index is 0.00528. The van der Waals surface area contributed by atoms with Crippen LogP contribution in [0.15, 0.2) is 48.5 Å². The predicted octanol–water partition coefficient (Wildman–Crippen LogP) is 4.77. The van der Waals surface area contributed by atoms with Crippen molar-refractivity contribution in [1.82, 2.24) is 9.88 Å². The second-order valence-corrected chi connectivity index (χ2v) is 8.13. The Morgan fingerprint density at radius 2 is 2.00 bits per heavy atom. The number of fused-ring (bicyclic) bond motifs is 1. The molecule has 0 bridgehead atoms. The average Bonchev–Trinajstić information content (AvgIpc) is 3.06. The summed E-state index contributed by atoms with van der Waals surface area (Å²) in [6, 6.07) is 15.5. The molecule has 1 fully saturated rings. The summed E-state index contributed by atoms with van der Waals surface area (Å²) in [7, 11) is 0. The first-order chi connectivity index (χ1) is 12.7. The Labute approximate surface area is 161 Å². The maximum absolute atomic E-state index is 12.3. The molecule has 0 saturated carbocycles. The Balaban J connectivity index is 1.31. The topological polar surface area (TPSA) is 45.2 Å². The van der Waals surface area contributed by atoms with E-state index in [9.17, 15) is 4.79 Å². The fraction of sp³-hybridized carbons (Fsp3) is 0.300. The number of para-hydroxylation sites is 1. The van der Waals surface area contributed by atoms with Gasteiger partial charge in [0.15, 0.2) is 0 Å². The number of thiazole rings is 1. The molecule has 0 unspecified atom stereocenters. The number of hydrogen-bond donors (Lipinski definition) is 1. The van der Waals surface area contributed by atoms with Gasteiger partial charge in [0.2, 0.25) is 5.91 Å². The third kappa shape index (κ3) is 4.06. The van der Waals surface area contributed by atoms with E-state index in [2.05, 4.69) is 28.4 Å². The predicted molar refractivity (Wildman–Crippen MR) is 108 cm³/mol. The van der Waals surface area contributed by atoms with Gasteiger partial charge in [0.25, 0.3) is 0 Å². The lowest BCUT2D eigenvalue weighted by Gasteiger charge is -2.30. The summed E-state index contributed by atoms with van der Waals surface area (Å²) in [4.78, 5) is 19.3. The first-order valence-corrected chi connectivity index (χ1v) is 10.00. The Hall–Kier alpha value is -1.95. The number of halogens is 1. The fourth-order valence-corrected chi connectivity index (χ4v) is 4.70. The van der Waals surface area contributed by atoms with Crippen LogP contribution in [0.5, 0.6) is 0 Å². The molecule has 1 N–H and O–H groups in total. The molecule has 4 nitrogen and oxygen atoms in total. The van der Waals surface area contributed by atoms with Crippen molar-refractivity contribution in [2.45, 2.75) is 18.8 Å². The summed E-state index contributed by atoms with van der Waals surface area (Å²) in [6.45, 7) is 2.26. The molecule has 0 spiro atoms. The van der Waals surface area contributed by atoms with Crippen molar-refractivity contribution in [2.24, 2.45) is 0 Å². The molecule has 1 aromatic heterocycles. The van der Waals surface area contributed by atoms with Crippen LogP contribution in [0.3, 0.4) is 0 Å². The van der Waals surface area contributed by atoms with Crippen LogP contribution in [0.25, 0.3) is 10.2 Å². The number of nitrogens with one attached hydrogen (secondary N) is 1. The molecule has 0 aliphatic carbocycles. The quantitative estimate of drug-likeness (QED) is 0.703. The van der Waals surface area contributed by atoms with E-state index in [-0.39, 0.29) is 5.91 Å². The molecule has 3 aromatic rings. The van der Waals surface area contributed by atoms with E-state index < -0.39 is 0 Å². The number of benzene rings is 2. The van der Waals surface area contributed by atoms with E-state index in [1.54, 1.807) is 23.5 Å². The molecule has 1 amide bonds. The number of hydrogen-bond acceptors (Lipinski definition) is 4. The summed E-state index contributed by atoms with van der Waals surface area (Å²) < 4.78 is 1.26. The number of anilines is 1. The van der Waals surface area contributed by atoms with Crippen molar-refractivity contribution in [3.8, 4) is 0 Å². The number of piperidine rings is 1. The first-order valence-electron chi connectivity index (χ1n) is 8.80. The zero-order valence-electron chi connectivity index (χ0n) is 14.3. The molecule has 1 aliphatic rings. The van der Waals surface area contributed by atoms with Crippen molar-refractivity contribution < 1.29 is 4.79 Å². The zero-order valence-corrected chi connectivity index (χ0v) is 15.9. The average molecular weight is 386 g/mol. The van der Waals surface area contributed by atoms with E-state index in [0.29, 0.717) is 17.5 Å². The summed E-state index contributed by atoms with van der Waals surface area (Å²) in [5, 5.41) is 4.77. The molecular formula is C20H20ClN3OS. The molecule has 6 heteroatoms. The van der Waals surface area contributed by atoms with Gasteiger partial charge in [0, 0.05) is 16.6 Å². The largest absolute Gasteiger partial charge is 0.325 e. The van der Waals surface area contributed by atoms with Gasteiger partial charge in [-0.25, -0.2) is 4.98 Å². The maximum Gasteiger partial charge on any atom is 0.238 e. The Morgan fingerprint density at radius 3 is 2.77 bits per heavy atom. The standard InChI is InChI=1S/C20H20ClN3OS/c21-15-4-3-5-16(12-15)22-19(25)13-24-10-8-14(9-11-24)20-23-17-6-1-2-7-18(17)26-20/h1-7,12,14H,8-11,13H2,(H,22,25). The molecule has 4 rings (SSSR count). The second kappa shape index (κ2) is 7.74. The van der Waals surface area contributed by atoms with Crippen LogP contribution in [0.2, 0.25) is 5.02 Å². The van der Waals surface area contributed by atoms with Gasteiger partial charge in [-0.15, -0.1) is 11.3 Å². The van der Waals surface area contributed by atoms with Crippen LogP contribution >= 0.6 is 22.9 Å². The van der Waals surface area contributed by atoms with Crippen molar-refractivity contribution in [3.05, 3.63) is 58.6 Å². The maximum atomic E-state index is 12.3. The van der Waals surface area contributed by atoms with Crippen molar-refractivity contribution in [3.63, 3.8) is 0 Å². The number of likely N-dealkylation sites (tertiary alicyclic amines) is 1. The molecule has 0 radical (unpaired) electrons. The van der Waals surface area contributed by atoms with E-state index in [0.717, 1.165) is 37.1 Å². The minimum Gasteiger partial charge on any atom is -0.325 e. The van der Waals surface area contributed by atoms with E-state index in [1.165, 1.54) is 9.71 Å². The van der Waals surface area contributed by atoms with E-state index in [1.807, 2.05) is 18.2 Å². The smallest absolute Gasteiger partial charge is 0.238 e. The highest BCUT2D eigenvalue weighted by Gasteiger charge is 2.24. The Kier molecular flexibility index (Phi) is 5.20.